The smallest absolute Gasteiger partial charge is 0.159 e. The molecule has 0 spiro atoms. The first-order valence-corrected chi connectivity index (χ1v) is 7.91. The summed E-state index contributed by atoms with van der Waals surface area (Å²) in [5.41, 5.74) is 0.931. The van der Waals surface area contributed by atoms with Gasteiger partial charge >= 0.3 is 0 Å². The summed E-state index contributed by atoms with van der Waals surface area (Å²) in [5, 5.41) is 0. The lowest BCUT2D eigenvalue weighted by atomic mass is 9.77. The summed E-state index contributed by atoms with van der Waals surface area (Å²) < 4.78 is 38.0. The van der Waals surface area contributed by atoms with Gasteiger partial charge in [-0.3, -0.25) is 0 Å². The minimum absolute atomic E-state index is 0.367. The van der Waals surface area contributed by atoms with Crippen molar-refractivity contribution in [2.24, 2.45) is 5.92 Å². The lowest BCUT2D eigenvalue weighted by molar-refractivity contribution is 0.302. The van der Waals surface area contributed by atoms with Gasteiger partial charge in [-0.15, -0.1) is 0 Å². The van der Waals surface area contributed by atoms with E-state index in [1.807, 2.05) is 0 Å². The average molecular weight is 296 g/mol. The molecule has 0 saturated heterocycles. The molecule has 1 aliphatic rings. The van der Waals surface area contributed by atoms with Gasteiger partial charge in [-0.25, -0.2) is 13.2 Å². The molecule has 21 heavy (non-hydrogen) atoms. The van der Waals surface area contributed by atoms with Crippen molar-refractivity contribution >= 4 is 0 Å². The molecule has 1 aromatic rings. The molecule has 1 aliphatic carbocycles. The largest absolute Gasteiger partial charge is 0.216 e. The van der Waals surface area contributed by atoms with Crippen LogP contribution in [0.1, 0.15) is 62.8 Å². The summed E-state index contributed by atoms with van der Waals surface area (Å²) in [4.78, 5) is 0. The van der Waals surface area contributed by atoms with Crippen molar-refractivity contribution in [3.05, 3.63) is 47.8 Å². The first-order chi connectivity index (χ1) is 10.2. The highest BCUT2D eigenvalue weighted by Gasteiger charge is 2.22. The molecule has 3 heteroatoms. The molecule has 0 atom stereocenters. The van der Waals surface area contributed by atoms with Crippen molar-refractivity contribution in [3.8, 4) is 0 Å². The first kappa shape index (κ1) is 16.1. The number of unbranched alkanes of at least 4 members (excludes halogenated alkanes) is 2. The van der Waals surface area contributed by atoms with Gasteiger partial charge in [-0.05, 0) is 68.1 Å². The fourth-order valence-electron chi connectivity index (χ4n) is 3.31. The molecule has 1 fully saturated rings. The Morgan fingerprint density at radius 2 is 1.76 bits per heavy atom. The second-order valence-electron chi connectivity index (χ2n) is 6.04. The topological polar surface area (TPSA) is 0 Å². The van der Waals surface area contributed by atoms with Gasteiger partial charge in [0, 0.05) is 0 Å². The van der Waals surface area contributed by atoms with Crippen molar-refractivity contribution < 1.29 is 13.2 Å². The van der Waals surface area contributed by atoms with Crippen LogP contribution >= 0.6 is 0 Å². The SMILES string of the molecule is FC=CCCCC[C@H]1CC[C@H](c2ccc(F)c(F)c2)CC1. The second kappa shape index (κ2) is 8.26. The molecule has 0 heterocycles. The van der Waals surface area contributed by atoms with E-state index in [0.717, 1.165) is 56.4 Å². The Hall–Kier alpha value is -1.25. The van der Waals surface area contributed by atoms with E-state index in [9.17, 15) is 13.2 Å². The standard InChI is InChI=1S/C18H23F3/c19-12-4-2-1-3-5-14-6-8-15(9-7-14)16-10-11-17(20)18(21)13-16/h4,10-15H,1-3,5-9H2/t14-,15-. The van der Waals surface area contributed by atoms with E-state index >= 15 is 0 Å². The number of halogens is 3. The van der Waals surface area contributed by atoms with E-state index in [1.165, 1.54) is 18.6 Å². The van der Waals surface area contributed by atoms with Gasteiger partial charge < -0.3 is 0 Å². The second-order valence-corrected chi connectivity index (χ2v) is 6.04. The molecule has 0 N–H and O–H groups in total. The molecule has 0 radical (unpaired) electrons. The summed E-state index contributed by atoms with van der Waals surface area (Å²) in [6, 6.07) is 4.30. The fraction of sp³-hybridized carbons (Fsp3) is 0.556. The molecule has 1 aromatic carbocycles. The minimum atomic E-state index is -0.769. The van der Waals surface area contributed by atoms with Gasteiger partial charge in [0.1, 0.15) is 0 Å². The van der Waals surface area contributed by atoms with Crippen LogP contribution in [0.15, 0.2) is 30.6 Å². The van der Waals surface area contributed by atoms with Crippen molar-refractivity contribution in [2.75, 3.05) is 0 Å². The van der Waals surface area contributed by atoms with Crippen LogP contribution in [0, 0.1) is 17.6 Å². The molecule has 0 aliphatic heterocycles. The molecular weight excluding hydrogens is 273 g/mol. The van der Waals surface area contributed by atoms with Crippen LogP contribution in [0.2, 0.25) is 0 Å². The summed E-state index contributed by atoms with van der Waals surface area (Å²) >= 11 is 0. The summed E-state index contributed by atoms with van der Waals surface area (Å²) in [5.74, 6) is -0.406. The van der Waals surface area contributed by atoms with Gasteiger partial charge in [-0.2, -0.15) is 0 Å². The Kier molecular flexibility index (Phi) is 6.34. The van der Waals surface area contributed by atoms with Crippen LogP contribution in [-0.4, -0.2) is 0 Å². The minimum Gasteiger partial charge on any atom is -0.216 e. The van der Waals surface area contributed by atoms with Gasteiger partial charge in [0.15, 0.2) is 11.6 Å². The van der Waals surface area contributed by atoms with E-state index in [0.29, 0.717) is 12.2 Å². The van der Waals surface area contributed by atoms with E-state index < -0.39 is 11.6 Å². The zero-order valence-electron chi connectivity index (χ0n) is 12.3. The Morgan fingerprint density at radius 1 is 1.00 bits per heavy atom. The molecule has 0 bridgehead atoms. The van der Waals surface area contributed by atoms with Crippen LogP contribution in [0.25, 0.3) is 0 Å². The van der Waals surface area contributed by atoms with Crippen LogP contribution in [0.4, 0.5) is 13.2 Å². The zero-order chi connectivity index (χ0) is 15.1. The van der Waals surface area contributed by atoms with E-state index in [4.69, 9.17) is 0 Å². The van der Waals surface area contributed by atoms with Crippen molar-refractivity contribution in [2.45, 2.75) is 57.3 Å². The summed E-state index contributed by atoms with van der Waals surface area (Å²) in [6.45, 7) is 0. The predicted molar refractivity (Wildman–Crippen MR) is 79.8 cm³/mol. The predicted octanol–water partition coefficient (Wildman–Crippen LogP) is 6.28. The van der Waals surface area contributed by atoms with Gasteiger partial charge in [0.2, 0.25) is 0 Å². The van der Waals surface area contributed by atoms with E-state index in [-0.39, 0.29) is 0 Å². The normalized spacial score (nSPS) is 22.8. The van der Waals surface area contributed by atoms with Crippen LogP contribution in [-0.2, 0) is 0 Å². The number of hydrogen-bond donors (Lipinski definition) is 0. The molecule has 2 rings (SSSR count). The third kappa shape index (κ3) is 4.90. The Bertz CT molecular complexity index is 460. The van der Waals surface area contributed by atoms with E-state index in [1.54, 1.807) is 12.1 Å². The van der Waals surface area contributed by atoms with Gasteiger partial charge in [0.05, 0.1) is 6.33 Å². The third-order valence-electron chi connectivity index (χ3n) is 4.58. The Morgan fingerprint density at radius 3 is 2.43 bits per heavy atom. The quantitative estimate of drug-likeness (QED) is 0.542. The van der Waals surface area contributed by atoms with Crippen LogP contribution < -0.4 is 0 Å². The first-order valence-electron chi connectivity index (χ1n) is 7.91. The zero-order valence-corrected chi connectivity index (χ0v) is 12.3. The lowest BCUT2D eigenvalue weighted by Crippen LogP contribution is -2.13. The molecule has 0 aromatic heterocycles. The monoisotopic (exact) mass is 296 g/mol. The molecule has 116 valence electrons. The van der Waals surface area contributed by atoms with Gasteiger partial charge in [0.25, 0.3) is 0 Å². The molecule has 0 nitrogen and oxygen atoms in total. The third-order valence-corrected chi connectivity index (χ3v) is 4.58. The number of hydrogen-bond acceptors (Lipinski definition) is 0. The summed E-state index contributed by atoms with van der Waals surface area (Å²) in [6.07, 6.45) is 10.8. The maximum atomic E-state index is 13.3. The highest BCUT2D eigenvalue weighted by Crippen LogP contribution is 2.38. The molecule has 1 saturated carbocycles. The maximum absolute atomic E-state index is 13.3. The van der Waals surface area contributed by atoms with Crippen molar-refractivity contribution in [1.82, 2.24) is 0 Å². The fourth-order valence-corrected chi connectivity index (χ4v) is 3.31. The molecule has 0 unspecified atom stereocenters. The van der Waals surface area contributed by atoms with E-state index in [2.05, 4.69) is 0 Å². The average Bonchev–Trinajstić information content (AvgIpc) is 2.50. The molecular formula is C18H23F3. The number of benzene rings is 1. The Labute approximate surface area is 125 Å². The van der Waals surface area contributed by atoms with Crippen molar-refractivity contribution in [3.63, 3.8) is 0 Å². The highest BCUT2D eigenvalue weighted by molar-refractivity contribution is 5.22. The lowest BCUT2D eigenvalue weighted by Gasteiger charge is -2.29. The van der Waals surface area contributed by atoms with Gasteiger partial charge in [-0.1, -0.05) is 25.0 Å². The Balaban J connectivity index is 1.73. The van der Waals surface area contributed by atoms with Crippen LogP contribution in [0.3, 0.4) is 0 Å². The maximum Gasteiger partial charge on any atom is 0.159 e. The molecule has 0 amide bonds. The highest BCUT2D eigenvalue weighted by atomic mass is 19.2. The van der Waals surface area contributed by atoms with Crippen molar-refractivity contribution in [1.29, 1.82) is 0 Å². The van der Waals surface area contributed by atoms with Crippen LogP contribution in [0.5, 0.6) is 0 Å². The number of allylic oxidation sites excluding steroid dienone is 1. The number of rotatable bonds is 6. The summed E-state index contributed by atoms with van der Waals surface area (Å²) in [7, 11) is 0.